The third kappa shape index (κ3) is 2.37. The second-order valence-corrected chi connectivity index (χ2v) is 9.19. The molecule has 0 aliphatic carbocycles. The molecule has 0 saturated carbocycles. The monoisotopic (exact) mass is 341 g/mol. The van der Waals surface area contributed by atoms with Crippen LogP contribution in [0.15, 0.2) is 23.9 Å². The Morgan fingerprint density at radius 3 is 2.48 bits per heavy atom. The van der Waals surface area contributed by atoms with Crippen LogP contribution in [-0.4, -0.2) is 48.8 Å². The zero-order valence-corrected chi connectivity index (χ0v) is 15.0. The fourth-order valence-electron chi connectivity index (χ4n) is 3.21. The molecule has 2 heterocycles. The maximum atomic E-state index is 12.7. The second-order valence-electron chi connectivity index (χ2n) is 7.13. The molecule has 0 unspecified atom stereocenters. The summed E-state index contributed by atoms with van der Waals surface area (Å²) in [7, 11) is -2.33. The Morgan fingerprint density at radius 1 is 1.48 bits per heavy atom. The van der Waals surface area contributed by atoms with E-state index in [0.29, 0.717) is 5.57 Å². The molecular formula is C16H23NO5S. The van der Waals surface area contributed by atoms with Crippen molar-refractivity contribution < 1.29 is 22.7 Å². The lowest BCUT2D eigenvalue weighted by atomic mass is 9.82. The van der Waals surface area contributed by atoms with Crippen molar-refractivity contribution >= 4 is 21.5 Å². The summed E-state index contributed by atoms with van der Waals surface area (Å²) in [6.45, 7) is 10.4. The molecule has 1 saturated heterocycles. The van der Waals surface area contributed by atoms with Gasteiger partial charge in [0.1, 0.15) is 0 Å². The van der Waals surface area contributed by atoms with Crippen LogP contribution in [-0.2, 0) is 24.2 Å². The lowest BCUT2D eigenvalue weighted by Crippen LogP contribution is -2.78. The average Bonchev–Trinajstić information content (AvgIpc) is 2.41. The summed E-state index contributed by atoms with van der Waals surface area (Å²) in [4.78, 5) is 26.5. The van der Waals surface area contributed by atoms with Gasteiger partial charge in [0.2, 0.25) is 0 Å². The highest BCUT2D eigenvalue weighted by molar-refractivity contribution is 7.92. The Morgan fingerprint density at radius 2 is 2.04 bits per heavy atom. The second kappa shape index (κ2) is 5.27. The first-order valence-electron chi connectivity index (χ1n) is 7.40. The van der Waals surface area contributed by atoms with Gasteiger partial charge in [0.05, 0.1) is 11.4 Å². The summed E-state index contributed by atoms with van der Waals surface area (Å²) in [5, 5.41) is -1.17. The number of allylic oxidation sites excluding steroid dienone is 1. The molecule has 2 atom stereocenters. The number of rotatable bonds is 4. The molecule has 2 aliphatic heterocycles. The largest absolute Gasteiger partial charge is 0.365 e. The van der Waals surface area contributed by atoms with Gasteiger partial charge in [0, 0.05) is 18.9 Å². The predicted molar refractivity (Wildman–Crippen MR) is 86.1 cm³/mol. The van der Waals surface area contributed by atoms with Gasteiger partial charge < -0.3 is 4.74 Å². The third-order valence-corrected chi connectivity index (χ3v) is 6.43. The van der Waals surface area contributed by atoms with Crippen LogP contribution in [0.4, 0.5) is 0 Å². The predicted octanol–water partition coefficient (Wildman–Crippen LogP) is 1.43. The Balaban J connectivity index is 2.62. The molecule has 0 N–H and O–H groups in total. The minimum Gasteiger partial charge on any atom is -0.365 e. The van der Waals surface area contributed by atoms with E-state index in [-0.39, 0.29) is 23.7 Å². The van der Waals surface area contributed by atoms with Gasteiger partial charge in [0.25, 0.3) is 5.91 Å². The molecule has 7 heteroatoms. The zero-order chi connectivity index (χ0) is 17.8. The Hall–Kier alpha value is -1.47. The summed E-state index contributed by atoms with van der Waals surface area (Å²) >= 11 is 0. The van der Waals surface area contributed by atoms with E-state index in [1.54, 1.807) is 27.7 Å². The van der Waals surface area contributed by atoms with E-state index in [2.05, 4.69) is 6.58 Å². The van der Waals surface area contributed by atoms with Crippen LogP contribution in [0.1, 0.15) is 34.1 Å². The number of fused-ring (bicyclic) bond motifs is 1. The van der Waals surface area contributed by atoms with Crippen LogP contribution in [0.5, 0.6) is 0 Å². The SMILES string of the molecule is C=CC[C@@]1(OC)C(=O)N2C(C(=O)C(C)(C)C)=C(C)CS(=O)(=O)[C@H]21. The number of hydrogen-bond acceptors (Lipinski definition) is 5. The van der Waals surface area contributed by atoms with E-state index in [0.717, 1.165) is 4.90 Å². The smallest absolute Gasteiger partial charge is 0.264 e. The molecule has 0 radical (unpaired) electrons. The quantitative estimate of drug-likeness (QED) is 0.571. The molecule has 2 aliphatic rings. The summed E-state index contributed by atoms with van der Waals surface area (Å²) in [5.41, 5.74) is -1.60. The number of ketones is 1. The maximum Gasteiger partial charge on any atom is 0.264 e. The number of carbonyl (C=O) groups excluding carboxylic acids is 2. The highest BCUT2D eigenvalue weighted by Gasteiger charge is 2.69. The average molecular weight is 341 g/mol. The van der Waals surface area contributed by atoms with Gasteiger partial charge in [0.15, 0.2) is 26.6 Å². The van der Waals surface area contributed by atoms with Crippen molar-refractivity contribution in [1.82, 2.24) is 4.90 Å². The van der Waals surface area contributed by atoms with Crippen LogP contribution in [0.3, 0.4) is 0 Å². The van der Waals surface area contributed by atoms with Crippen molar-refractivity contribution in [2.45, 2.75) is 45.1 Å². The number of methoxy groups -OCH3 is 1. The van der Waals surface area contributed by atoms with Crippen LogP contribution in [0, 0.1) is 5.41 Å². The van der Waals surface area contributed by atoms with Gasteiger partial charge in [-0.25, -0.2) is 8.42 Å². The molecule has 0 aromatic heterocycles. The Bertz CT molecular complexity index is 713. The van der Waals surface area contributed by atoms with Crippen LogP contribution >= 0.6 is 0 Å². The van der Waals surface area contributed by atoms with Crippen molar-refractivity contribution in [3.63, 3.8) is 0 Å². The van der Waals surface area contributed by atoms with Gasteiger partial charge in [-0.05, 0) is 12.5 Å². The highest BCUT2D eigenvalue weighted by atomic mass is 32.2. The van der Waals surface area contributed by atoms with E-state index in [1.807, 2.05) is 0 Å². The first kappa shape index (κ1) is 17.9. The van der Waals surface area contributed by atoms with Crippen molar-refractivity contribution in [2.75, 3.05) is 12.9 Å². The van der Waals surface area contributed by atoms with Gasteiger partial charge >= 0.3 is 0 Å². The van der Waals surface area contributed by atoms with E-state index in [9.17, 15) is 18.0 Å². The minimum atomic E-state index is -3.64. The van der Waals surface area contributed by atoms with Gasteiger partial charge in [-0.1, -0.05) is 26.8 Å². The summed E-state index contributed by atoms with van der Waals surface area (Å²) < 4.78 is 30.5. The lowest BCUT2D eigenvalue weighted by molar-refractivity contribution is -0.183. The number of carbonyl (C=O) groups is 2. The van der Waals surface area contributed by atoms with Crippen molar-refractivity contribution in [3.05, 3.63) is 23.9 Å². The topological polar surface area (TPSA) is 80.8 Å². The standard InChI is InChI=1S/C16H23NO5S/c1-7-8-16(22-6)13(19)17-11(12(18)15(3,4)5)10(2)9-23(20,21)14(16)17/h7,14H,1,8-9H2,2-6H3/t14-,16+/m0/s1. The molecular weight excluding hydrogens is 318 g/mol. The fraction of sp³-hybridized carbons (Fsp3) is 0.625. The molecule has 23 heavy (non-hydrogen) atoms. The molecule has 0 aromatic rings. The number of β-lactam (4-membered cyclic amide) rings is 1. The van der Waals surface area contributed by atoms with Gasteiger partial charge in [-0.15, -0.1) is 6.58 Å². The van der Waals surface area contributed by atoms with Crippen molar-refractivity contribution in [3.8, 4) is 0 Å². The van der Waals surface area contributed by atoms with Gasteiger partial charge in [-0.2, -0.15) is 0 Å². The van der Waals surface area contributed by atoms with Crippen LogP contribution in [0.25, 0.3) is 0 Å². The third-order valence-electron chi connectivity index (χ3n) is 4.33. The molecule has 1 amide bonds. The van der Waals surface area contributed by atoms with E-state index < -0.39 is 32.1 Å². The molecule has 0 spiro atoms. The lowest BCUT2D eigenvalue weighted by Gasteiger charge is -2.56. The maximum absolute atomic E-state index is 12.7. The number of sulfone groups is 1. The number of ether oxygens (including phenoxy) is 1. The van der Waals surface area contributed by atoms with E-state index >= 15 is 0 Å². The summed E-state index contributed by atoms with van der Waals surface area (Å²) in [6, 6.07) is 0. The highest BCUT2D eigenvalue weighted by Crippen LogP contribution is 2.47. The van der Waals surface area contributed by atoms with Crippen molar-refractivity contribution in [1.29, 1.82) is 0 Å². The molecule has 0 bridgehead atoms. The minimum absolute atomic E-state index is 0.0821. The van der Waals surface area contributed by atoms with Crippen molar-refractivity contribution in [2.24, 2.45) is 5.41 Å². The molecule has 0 aromatic carbocycles. The fourth-order valence-corrected chi connectivity index (χ4v) is 5.51. The summed E-state index contributed by atoms with van der Waals surface area (Å²) in [6.07, 6.45) is 1.55. The first-order valence-corrected chi connectivity index (χ1v) is 9.11. The molecule has 128 valence electrons. The summed E-state index contributed by atoms with van der Waals surface area (Å²) in [5.74, 6) is -0.993. The number of amides is 1. The molecule has 1 fully saturated rings. The van der Waals surface area contributed by atoms with Crippen LogP contribution in [0.2, 0.25) is 0 Å². The molecule has 2 rings (SSSR count). The van der Waals surface area contributed by atoms with Gasteiger partial charge in [-0.3, -0.25) is 14.5 Å². The number of hydrogen-bond donors (Lipinski definition) is 0. The first-order chi connectivity index (χ1) is 10.4. The normalized spacial score (nSPS) is 29.9. The van der Waals surface area contributed by atoms with E-state index in [1.165, 1.54) is 13.2 Å². The number of nitrogens with zero attached hydrogens (tertiary/aromatic N) is 1. The number of Topliss-reactive ketones (excluding diaryl/α,β-unsaturated/α-hetero) is 1. The zero-order valence-electron chi connectivity index (χ0n) is 14.2. The van der Waals surface area contributed by atoms with Crippen LogP contribution < -0.4 is 0 Å². The molecule has 6 nitrogen and oxygen atoms in total. The van der Waals surface area contributed by atoms with E-state index in [4.69, 9.17) is 4.74 Å². The Kier molecular flexibility index (Phi) is 4.10. The Labute approximate surface area is 137 Å².